The summed E-state index contributed by atoms with van der Waals surface area (Å²) in [6.45, 7) is 4.02. The number of nitrogens with zero attached hydrogens (tertiary/aromatic N) is 11. The van der Waals surface area contributed by atoms with Crippen molar-refractivity contribution >= 4 is 0 Å². The fourth-order valence-corrected chi connectivity index (χ4v) is 9.26. The zero-order valence-corrected chi connectivity index (χ0v) is 47.1. The molecule has 0 atom stereocenters. The van der Waals surface area contributed by atoms with Gasteiger partial charge in [-0.05, 0) is 117 Å². The number of aromatic hydroxyl groups is 1. The third kappa shape index (κ3) is 14.2. The summed E-state index contributed by atoms with van der Waals surface area (Å²) in [5, 5.41) is 22.5. The number of phenolic OH excluding ortho intramolecular Hbond substituents is 1. The van der Waals surface area contributed by atoms with Crippen molar-refractivity contribution in [3.63, 3.8) is 0 Å². The van der Waals surface area contributed by atoms with Crippen molar-refractivity contribution in [2.45, 2.75) is 13.8 Å². The third-order valence-corrected chi connectivity index (χ3v) is 13.6. The minimum absolute atomic E-state index is 0.250. The molecule has 16 heteroatoms. The van der Waals surface area contributed by atoms with Crippen LogP contribution in [0.1, 0.15) is 11.4 Å². The van der Waals surface area contributed by atoms with Crippen molar-refractivity contribution in [3.05, 3.63) is 304 Å². The van der Waals surface area contributed by atoms with Gasteiger partial charge in [-0.15, -0.1) is 0 Å². The zero-order chi connectivity index (χ0) is 58.7. The average Bonchev–Trinajstić information content (AvgIpc) is 4.25. The van der Waals surface area contributed by atoms with Crippen LogP contribution in [0.4, 0.5) is 0 Å². The second-order valence-electron chi connectivity index (χ2n) is 19.4. The van der Waals surface area contributed by atoms with E-state index in [4.69, 9.17) is 0 Å². The first kappa shape index (κ1) is 55.8. The maximum Gasteiger partial charge on any atom is 0.124 e. The van der Waals surface area contributed by atoms with Crippen molar-refractivity contribution in [2.75, 3.05) is 0 Å². The number of aryl methyl sites for hydroxylation is 2. The van der Waals surface area contributed by atoms with E-state index in [0.29, 0.717) is 0 Å². The molecule has 9 heterocycles. The lowest BCUT2D eigenvalue weighted by molar-refractivity contribution is 0.477. The molecule has 0 saturated carbocycles. The van der Waals surface area contributed by atoms with Gasteiger partial charge in [0.15, 0.2) is 0 Å². The van der Waals surface area contributed by atoms with E-state index in [1.807, 2.05) is 223 Å². The number of nitrogens with one attached hydrogen (secondary N) is 4. The highest BCUT2D eigenvalue weighted by molar-refractivity contribution is 5.71. The minimum Gasteiger partial charge on any atom is -0.507 e. The highest BCUT2D eigenvalue weighted by atomic mass is 16.3. The van der Waals surface area contributed by atoms with E-state index in [0.717, 1.165) is 107 Å². The molecule has 0 bridgehead atoms. The summed E-state index contributed by atoms with van der Waals surface area (Å²) in [4.78, 5) is 34.4. The first-order valence-electron chi connectivity index (χ1n) is 27.7. The molecule has 15 aromatic rings. The number of hydrogen-bond acceptors (Lipinski definition) is 9. The van der Waals surface area contributed by atoms with Crippen LogP contribution < -0.4 is 0 Å². The van der Waals surface area contributed by atoms with Crippen LogP contribution in [0.2, 0.25) is 0 Å². The summed E-state index contributed by atoms with van der Waals surface area (Å²) in [6, 6.07) is 73.6. The van der Waals surface area contributed by atoms with Gasteiger partial charge in [-0.3, -0.25) is 0 Å². The molecule has 0 spiro atoms. The van der Waals surface area contributed by atoms with Crippen molar-refractivity contribution in [1.29, 1.82) is 0 Å². The Balaban J connectivity index is 0.000000112. The van der Waals surface area contributed by atoms with Crippen molar-refractivity contribution in [2.24, 2.45) is 0 Å². The number of pyridine rings is 2. The molecule has 0 aliphatic heterocycles. The summed E-state index contributed by atoms with van der Waals surface area (Å²) >= 11 is 0. The predicted octanol–water partition coefficient (Wildman–Crippen LogP) is 15.3. The van der Waals surface area contributed by atoms with E-state index in [9.17, 15) is 5.11 Å². The molecule has 5 N–H and O–H groups in total. The number of rotatable bonds is 10. The second-order valence-corrected chi connectivity index (χ2v) is 19.4. The Kier molecular flexibility index (Phi) is 17.9. The maximum absolute atomic E-state index is 9.89. The fourth-order valence-electron chi connectivity index (χ4n) is 9.26. The summed E-state index contributed by atoms with van der Waals surface area (Å²) in [6.07, 6.45) is 19.9. The van der Waals surface area contributed by atoms with Gasteiger partial charge in [-0.1, -0.05) is 121 Å². The predicted molar refractivity (Wildman–Crippen MR) is 339 cm³/mol. The number of hydrogen-bond donors (Lipinski definition) is 5. The van der Waals surface area contributed by atoms with Crippen LogP contribution >= 0.6 is 0 Å². The Hall–Kier alpha value is -12.0. The van der Waals surface area contributed by atoms with Crippen molar-refractivity contribution < 1.29 is 5.11 Å². The number of para-hydroxylation sites is 1. The lowest BCUT2D eigenvalue weighted by atomic mass is 10.1. The molecule has 0 radical (unpaired) electrons. The molecule has 6 aromatic carbocycles. The SMILES string of the molecule is Cc1[nH]cnc1-c1cccc(-c2ccccc2)n1.Cc1[nH]cnc1-c1cccc(-n2cccn2)c1.Oc1ccccc1-c1cccc(-c2ccccc2)n1.c1cc(-c2ccc[nH]2)cc(-n2cccn2)c1.c1cc(-c2cnc[nH]2)cc(-n2cccn2)c1. The van der Waals surface area contributed by atoms with E-state index in [2.05, 4.69) is 109 Å². The molecule has 0 fully saturated rings. The number of aromatic nitrogens is 15. The quantitative estimate of drug-likeness (QED) is 0.0883. The van der Waals surface area contributed by atoms with E-state index in [-0.39, 0.29) is 5.75 Å². The van der Waals surface area contributed by atoms with Gasteiger partial charge >= 0.3 is 0 Å². The molecule has 9 aromatic heterocycles. The molecule has 0 unspecified atom stereocenters. The van der Waals surface area contributed by atoms with Gasteiger partial charge < -0.3 is 25.0 Å². The normalized spacial score (nSPS) is 10.5. The first-order valence-corrected chi connectivity index (χ1v) is 27.7. The fraction of sp³-hybridized carbons (Fsp3) is 0.0286. The van der Waals surface area contributed by atoms with Gasteiger partial charge in [0.1, 0.15) is 11.4 Å². The number of aromatic amines is 4. The smallest absolute Gasteiger partial charge is 0.124 e. The van der Waals surface area contributed by atoms with Crippen molar-refractivity contribution in [1.82, 2.24) is 74.2 Å². The van der Waals surface area contributed by atoms with E-state index < -0.39 is 0 Å². The van der Waals surface area contributed by atoms with Crippen LogP contribution in [0, 0.1) is 13.8 Å². The molecular weight excluding hydrogens is 1070 g/mol. The molecule has 16 nitrogen and oxygen atoms in total. The van der Waals surface area contributed by atoms with Crippen LogP contribution in [-0.4, -0.2) is 79.3 Å². The van der Waals surface area contributed by atoms with Gasteiger partial charge in [0.05, 0.1) is 76.4 Å². The van der Waals surface area contributed by atoms with Gasteiger partial charge in [0, 0.05) is 93.8 Å². The van der Waals surface area contributed by atoms with E-state index in [1.54, 1.807) is 49.7 Å². The van der Waals surface area contributed by atoms with Crippen LogP contribution in [0.5, 0.6) is 5.75 Å². The average molecular weight is 1130 g/mol. The van der Waals surface area contributed by atoms with Crippen molar-refractivity contribution in [3.8, 4) is 102 Å². The number of phenols is 1. The number of H-pyrrole nitrogens is 4. The molecule has 0 aliphatic rings. The summed E-state index contributed by atoms with van der Waals surface area (Å²) in [7, 11) is 0. The maximum atomic E-state index is 9.89. The van der Waals surface area contributed by atoms with Crippen LogP contribution in [-0.2, 0) is 0 Å². The third-order valence-electron chi connectivity index (χ3n) is 13.6. The highest BCUT2D eigenvalue weighted by Gasteiger charge is 2.10. The van der Waals surface area contributed by atoms with E-state index in [1.165, 1.54) is 0 Å². The molecule has 0 saturated heterocycles. The Morgan fingerprint density at radius 1 is 0.360 bits per heavy atom. The van der Waals surface area contributed by atoms with Gasteiger partial charge in [0.2, 0.25) is 0 Å². The lowest BCUT2D eigenvalue weighted by Gasteiger charge is -2.06. The zero-order valence-electron chi connectivity index (χ0n) is 47.1. The Labute approximate surface area is 497 Å². The van der Waals surface area contributed by atoms with Gasteiger partial charge in [-0.2, -0.15) is 15.3 Å². The topological polar surface area (TPSA) is 201 Å². The molecule has 0 amide bonds. The van der Waals surface area contributed by atoms with Crippen LogP contribution in [0.3, 0.4) is 0 Å². The van der Waals surface area contributed by atoms with Crippen LogP contribution in [0.15, 0.2) is 293 Å². The second kappa shape index (κ2) is 27.6. The molecule has 15 rings (SSSR count). The number of benzene rings is 6. The summed E-state index contributed by atoms with van der Waals surface area (Å²) < 4.78 is 5.53. The van der Waals surface area contributed by atoms with E-state index >= 15 is 0 Å². The Morgan fingerprint density at radius 2 is 0.826 bits per heavy atom. The standard InChI is InChI=1S/C17H13NO.C15H13N3.C13H12N4.C13H11N3.C12H10N4/c19-17-12-5-4-9-14(17)16-11-6-10-15(18-16)13-7-2-1-3-8-13;1-11-15(17-10-16-11)14-9-5-8-13(18-14)12-6-3-2-4-7-12;1-10-13(15-9-14-10)11-4-2-5-12(8-11)17-7-3-6-16-17;1-4-11(13-6-2-7-14-13)10-12(5-1)16-9-3-8-15-16;1-3-10(12-8-13-9-14-12)7-11(4-1)16-6-2-5-15-16/h1-12,19H;2-10H,1H3,(H,16,17);2-9H,1H3,(H,14,15);1-10,14H;1-9H,(H,13,14). The first-order chi connectivity index (χ1) is 42.4. The lowest BCUT2D eigenvalue weighted by Crippen LogP contribution is -1.94. The Bertz CT molecular complexity index is 4230. The largest absolute Gasteiger partial charge is 0.507 e. The summed E-state index contributed by atoms with van der Waals surface area (Å²) in [5.41, 5.74) is 19.1. The van der Waals surface area contributed by atoms with Gasteiger partial charge in [0.25, 0.3) is 0 Å². The molecular formula is C70H59N15O. The molecule has 420 valence electrons. The Morgan fingerprint density at radius 3 is 1.31 bits per heavy atom. The monoisotopic (exact) mass is 1130 g/mol. The number of imidazole rings is 3. The van der Waals surface area contributed by atoms with Crippen LogP contribution in [0.25, 0.3) is 96.0 Å². The van der Waals surface area contributed by atoms with Gasteiger partial charge in [-0.25, -0.2) is 39.0 Å². The minimum atomic E-state index is 0.250. The summed E-state index contributed by atoms with van der Waals surface area (Å²) in [5.74, 6) is 0.250. The molecule has 86 heavy (non-hydrogen) atoms. The highest BCUT2D eigenvalue weighted by Crippen LogP contribution is 2.30. The molecule has 0 aliphatic carbocycles.